The Hall–Kier alpha value is -2.36. The summed E-state index contributed by atoms with van der Waals surface area (Å²) in [6.07, 6.45) is 0. The van der Waals surface area contributed by atoms with Crippen molar-refractivity contribution in [1.82, 2.24) is 9.88 Å². The molecule has 2 rings (SSSR count). The van der Waals surface area contributed by atoms with E-state index < -0.39 is 0 Å². The number of carbonyl (C=O) groups is 2. The number of carbonyl (C=O) groups excluding carboxylic acids is 2. The molecule has 1 amide bonds. The summed E-state index contributed by atoms with van der Waals surface area (Å²) in [6.45, 7) is 1.53. The zero-order chi connectivity index (χ0) is 14.0. The topological polar surface area (TPSA) is 51.1 Å². The van der Waals surface area contributed by atoms with E-state index in [9.17, 15) is 9.59 Å². The van der Waals surface area contributed by atoms with Crippen molar-refractivity contribution >= 4 is 11.7 Å². The Kier molecular flexibility index (Phi) is 3.51. The summed E-state index contributed by atoms with van der Waals surface area (Å²) in [5.41, 5.74) is 2.89. The van der Waals surface area contributed by atoms with Crippen LogP contribution in [0.2, 0.25) is 0 Å². The van der Waals surface area contributed by atoms with Gasteiger partial charge in [0.2, 0.25) is 0 Å². The van der Waals surface area contributed by atoms with E-state index in [1.54, 1.807) is 19.2 Å². The van der Waals surface area contributed by atoms with Gasteiger partial charge in [-0.2, -0.15) is 0 Å². The SMILES string of the molecule is CNC(=O)c1ccccc1-c1ccc(C(C)=O)n1C. The molecule has 4 heteroatoms. The zero-order valence-corrected chi connectivity index (χ0v) is 11.2. The molecule has 0 atom stereocenters. The molecule has 1 aromatic carbocycles. The zero-order valence-electron chi connectivity index (χ0n) is 11.2. The Bertz CT molecular complexity index is 641. The molecule has 19 heavy (non-hydrogen) atoms. The largest absolute Gasteiger partial charge is 0.355 e. The fourth-order valence-electron chi connectivity index (χ4n) is 2.17. The fourth-order valence-corrected chi connectivity index (χ4v) is 2.17. The van der Waals surface area contributed by atoms with Crippen LogP contribution in [0.4, 0.5) is 0 Å². The summed E-state index contributed by atoms with van der Waals surface area (Å²) >= 11 is 0. The van der Waals surface area contributed by atoms with Gasteiger partial charge in [0.05, 0.1) is 5.69 Å². The number of hydrogen-bond donors (Lipinski definition) is 1. The minimum Gasteiger partial charge on any atom is -0.355 e. The van der Waals surface area contributed by atoms with Crippen LogP contribution in [0, 0.1) is 0 Å². The molecule has 1 N–H and O–H groups in total. The molecular weight excluding hydrogens is 240 g/mol. The number of ketones is 1. The monoisotopic (exact) mass is 256 g/mol. The minimum atomic E-state index is -0.138. The van der Waals surface area contributed by atoms with E-state index in [2.05, 4.69) is 5.32 Å². The molecule has 1 aromatic heterocycles. The highest BCUT2D eigenvalue weighted by Gasteiger charge is 2.15. The maximum absolute atomic E-state index is 11.9. The number of nitrogens with one attached hydrogen (secondary N) is 1. The summed E-state index contributed by atoms with van der Waals surface area (Å²) in [4.78, 5) is 23.4. The van der Waals surface area contributed by atoms with Crippen LogP contribution >= 0.6 is 0 Å². The number of nitrogens with zero attached hydrogens (tertiary/aromatic N) is 1. The van der Waals surface area contributed by atoms with Crippen molar-refractivity contribution in [3.05, 3.63) is 47.7 Å². The maximum atomic E-state index is 11.9. The molecular formula is C15H16N2O2. The molecule has 0 spiro atoms. The lowest BCUT2D eigenvalue weighted by molar-refractivity contribution is 0.0962. The third-order valence-electron chi connectivity index (χ3n) is 3.16. The van der Waals surface area contributed by atoms with Gasteiger partial charge in [0, 0.05) is 37.8 Å². The van der Waals surface area contributed by atoms with Crippen LogP contribution in [0.1, 0.15) is 27.8 Å². The van der Waals surface area contributed by atoms with Crippen molar-refractivity contribution in [2.45, 2.75) is 6.92 Å². The van der Waals surface area contributed by atoms with E-state index in [-0.39, 0.29) is 11.7 Å². The molecule has 0 aliphatic rings. The Morgan fingerprint density at radius 2 is 1.79 bits per heavy atom. The van der Waals surface area contributed by atoms with E-state index in [0.717, 1.165) is 11.3 Å². The molecule has 0 saturated carbocycles. The molecule has 1 heterocycles. The van der Waals surface area contributed by atoms with Crippen molar-refractivity contribution in [3.63, 3.8) is 0 Å². The van der Waals surface area contributed by atoms with Gasteiger partial charge in [0.15, 0.2) is 5.78 Å². The van der Waals surface area contributed by atoms with Gasteiger partial charge in [-0.1, -0.05) is 18.2 Å². The van der Waals surface area contributed by atoms with Gasteiger partial charge in [0.1, 0.15) is 0 Å². The molecule has 2 aromatic rings. The van der Waals surface area contributed by atoms with Gasteiger partial charge in [0.25, 0.3) is 5.91 Å². The van der Waals surface area contributed by atoms with Crippen molar-refractivity contribution in [2.24, 2.45) is 7.05 Å². The molecule has 0 unspecified atom stereocenters. The van der Waals surface area contributed by atoms with Gasteiger partial charge < -0.3 is 9.88 Å². The van der Waals surface area contributed by atoms with Crippen LogP contribution in [-0.4, -0.2) is 23.3 Å². The standard InChI is InChI=1S/C15H16N2O2/c1-10(18)13-8-9-14(17(13)3)11-6-4-5-7-12(11)15(19)16-2/h4-9H,1-3H3,(H,16,19). The summed E-state index contributed by atoms with van der Waals surface area (Å²) in [6, 6.07) is 11.0. The summed E-state index contributed by atoms with van der Waals surface area (Å²) < 4.78 is 1.81. The van der Waals surface area contributed by atoms with Crippen molar-refractivity contribution in [3.8, 4) is 11.3 Å². The van der Waals surface area contributed by atoms with E-state index in [0.29, 0.717) is 11.3 Å². The lowest BCUT2D eigenvalue weighted by atomic mass is 10.0. The quantitative estimate of drug-likeness (QED) is 0.856. The molecule has 0 aliphatic carbocycles. The van der Waals surface area contributed by atoms with Gasteiger partial charge in [-0.15, -0.1) is 0 Å². The maximum Gasteiger partial charge on any atom is 0.251 e. The van der Waals surface area contributed by atoms with Crippen molar-refractivity contribution in [1.29, 1.82) is 0 Å². The first kappa shape index (κ1) is 13.1. The molecule has 0 bridgehead atoms. The Morgan fingerprint density at radius 1 is 1.11 bits per heavy atom. The molecule has 0 fully saturated rings. The first-order valence-electron chi connectivity index (χ1n) is 6.04. The van der Waals surface area contributed by atoms with Crippen LogP contribution in [-0.2, 0) is 7.05 Å². The molecule has 0 aliphatic heterocycles. The third-order valence-corrected chi connectivity index (χ3v) is 3.16. The van der Waals surface area contributed by atoms with Crippen LogP contribution in [0.3, 0.4) is 0 Å². The summed E-state index contributed by atoms with van der Waals surface area (Å²) in [5, 5.41) is 2.63. The normalized spacial score (nSPS) is 10.3. The van der Waals surface area contributed by atoms with Crippen LogP contribution in [0.5, 0.6) is 0 Å². The number of rotatable bonds is 3. The molecule has 0 saturated heterocycles. The van der Waals surface area contributed by atoms with Gasteiger partial charge in [-0.3, -0.25) is 9.59 Å². The Morgan fingerprint density at radius 3 is 2.37 bits per heavy atom. The summed E-state index contributed by atoms with van der Waals surface area (Å²) in [7, 11) is 3.43. The Labute approximate surface area is 112 Å². The highest BCUT2D eigenvalue weighted by Crippen LogP contribution is 2.25. The van der Waals surface area contributed by atoms with E-state index in [1.165, 1.54) is 6.92 Å². The van der Waals surface area contributed by atoms with Gasteiger partial charge in [-0.05, 0) is 18.2 Å². The highest BCUT2D eigenvalue weighted by molar-refractivity contribution is 6.01. The smallest absolute Gasteiger partial charge is 0.251 e. The van der Waals surface area contributed by atoms with Crippen molar-refractivity contribution in [2.75, 3.05) is 7.05 Å². The molecule has 4 nitrogen and oxygen atoms in total. The summed E-state index contributed by atoms with van der Waals surface area (Å²) in [5.74, 6) is -0.132. The average molecular weight is 256 g/mol. The fraction of sp³-hybridized carbons (Fsp3) is 0.200. The van der Waals surface area contributed by atoms with Gasteiger partial charge in [-0.25, -0.2) is 0 Å². The number of amides is 1. The first-order valence-corrected chi connectivity index (χ1v) is 6.04. The third kappa shape index (κ3) is 2.29. The second-order valence-electron chi connectivity index (χ2n) is 4.34. The Balaban J connectivity index is 2.60. The predicted octanol–water partition coefficient (Wildman–Crippen LogP) is 2.25. The first-order chi connectivity index (χ1) is 9.06. The van der Waals surface area contributed by atoms with E-state index in [1.807, 2.05) is 35.9 Å². The number of hydrogen-bond acceptors (Lipinski definition) is 2. The second kappa shape index (κ2) is 5.10. The molecule has 0 radical (unpaired) electrons. The second-order valence-corrected chi connectivity index (χ2v) is 4.34. The van der Waals surface area contributed by atoms with E-state index in [4.69, 9.17) is 0 Å². The minimum absolute atomic E-state index is 0.00572. The number of Topliss-reactive ketones (excluding diaryl/α,β-unsaturated/α-hetero) is 1. The van der Waals surface area contributed by atoms with Crippen LogP contribution < -0.4 is 5.32 Å². The predicted molar refractivity (Wildman–Crippen MR) is 74.2 cm³/mol. The van der Waals surface area contributed by atoms with Crippen LogP contribution in [0.15, 0.2) is 36.4 Å². The number of benzene rings is 1. The lowest BCUT2D eigenvalue weighted by Crippen LogP contribution is -2.19. The lowest BCUT2D eigenvalue weighted by Gasteiger charge is -2.10. The van der Waals surface area contributed by atoms with Crippen molar-refractivity contribution < 1.29 is 9.59 Å². The number of aromatic nitrogens is 1. The highest BCUT2D eigenvalue weighted by atomic mass is 16.1. The molecule has 98 valence electrons. The van der Waals surface area contributed by atoms with Crippen LogP contribution in [0.25, 0.3) is 11.3 Å². The van der Waals surface area contributed by atoms with Gasteiger partial charge >= 0.3 is 0 Å². The van der Waals surface area contributed by atoms with E-state index >= 15 is 0 Å². The average Bonchev–Trinajstić information content (AvgIpc) is 2.79.